The smallest absolute Gasteiger partial charge is 0.294 e. The van der Waals surface area contributed by atoms with E-state index in [1.54, 1.807) is 22.9 Å². The van der Waals surface area contributed by atoms with Gasteiger partial charge < -0.3 is 9.57 Å². The minimum Gasteiger partial charge on any atom is -0.492 e. The minimum absolute atomic E-state index is 0.108. The van der Waals surface area contributed by atoms with Gasteiger partial charge in [-0.15, -0.1) is 21.5 Å². The standard InChI is InChI=1S/C24H23Cl2N5O5S/c1-35-23-21(24(32)28-29-12-4-2-5-13-29)27-30(19-10-8-16(25)15-18(19)26)22(23)20-11-9-17(37-20)7-3-6-14-36-31(33)34/h8-11,15H,2,4-6,12-14H2,1H3,(H,28,32). The van der Waals surface area contributed by atoms with E-state index >= 15 is 0 Å². The first-order chi connectivity index (χ1) is 17.9. The Kier molecular flexibility index (Phi) is 8.89. The molecule has 4 rings (SSSR count). The van der Waals surface area contributed by atoms with Crippen molar-refractivity contribution in [1.82, 2.24) is 20.2 Å². The van der Waals surface area contributed by atoms with Gasteiger partial charge in [-0.05, 0) is 43.2 Å². The molecular formula is C24H23Cl2N5O5S. The Labute approximate surface area is 227 Å². The van der Waals surface area contributed by atoms with E-state index in [1.807, 2.05) is 17.1 Å². The zero-order chi connectivity index (χ0) is 26.4. The molecule has 0 unspecified atom stereocenters. The van der Waals surface area contributed by atoms with Crippen molar-refractivity contribution in [3.8, 4) is 33.8 Å². The molecule has 1 aliphatic rings. The van der Waals surface area contributed by atoms with Gasteiger partial charge in [0.25, 0.3) is 11.0 Å². The molecule has 37 heavy (non-hydrogen) atoms. The number of piperidine rings is 1. The predicted octanol–water partition coefficient (Wildman–Crippen LogP) is 5.00. The van der Waals surface area contributed by atoms with Crippen molar-refractivity contribution in [3.63, 3.8) is 0 Å². The molecular weight excluding hydrogens is 541 g/mol. The molecule has 0 spiro atoms. The molecule has 1 aromatic carbocycles. The number of nitrogens with one attached hydrogen (secondary N) is 1. The van der Waals surface area contributed by atoms with Gasteiger partial charge in [0.15, 0.2) is 11.4 Å². The summed E-state index contributed by atoms with van der Waals surface area (Å²) in [5.74, 6) is 5.74. The monoisotopic (exact) mass is 563 g/mol. The third-order valence-corrected chi connectivity index (χ3v) is 7.03. The lowest BCUT2D eigenvalue weighted by Crippen LogP contribution is -2.45. The Balaban J connectivity index is 1.72. The maximum absolute atomic E-state index is 13.3. The number of hydrogen-bond acceptors (Lipinski definition) is 8. The highest BCUT2D eigenvalue weighted by Gasteiger charge is 2.29. The van der Waals surface area contributed by atoms with E-state index in [1.165, 1.54) is 18.4 Å². The number of amides is 1. The fraction of sp³-hybridized carbons (Fsp3) is 0.333. The van der Waals surface area contributed by atoms with Crippen LogP contribution in [0.3, 0.4) is 0 Å². The van der Waals surface area contributed by atoms with E-state index in [4.69, 9.17) is 27.9 Å². The van der Waals surface area contributed by atoms with Crippen LogP contribution in [-0.2, 0) is 4.84 Å². The van der Waals surface area contributed by atoms with Crippen LogP contribution in [0, 0.1) is 22.0 Å². The normalized spacial score (nSPS) is 13.5. The molecule has 10 nitrogen and oxygen atoms in total. The van der Waals surface area contributed by atoms with Gasteiger partial charge in [0.2, 0.25) is 0 Å². The number of hydrazine groups is 1. The number of ether oxygens (including phenoxy) is 1. The second kappa shape index (κ2) is 12.3. The van der Waals surface area contributed by atoms with Crippen molar-refractivity contribution in [3.05, 3.63) is 61.1 Å². The van der Waals surface area contributed by atoms with Gasteiger partial charge in [-0.25, -0.2) is 9.69 Å². The zero-order valence-corrected chi connectivity index (χ0v) is 22.2. The summed E-state index contributed by atoms with van der Waals surface area (Å²) in [6.07, 6.45) is 3.36. The average Bonchev–Trinajstić information content (AvgIpc) is 3.48. The molecule has 0 bridgehead atoms. The summed E-state index contributed by atoms with van der Waals surface area (Å²) < 4.78 is 7.28. The van der Waals surface area contributed by atoms with E-state index < -0.39 is 5.09 Å². The van der Waals surface area contributed by atoms with Crippen LogP contribution in [0.15, 0.2) is 30.3 Å². The molecule has 2 aromatic heterocycles. The number of aromatic nitrogens is 2. The molecule has 0 atom stereocenters. The Hall–Kier alpha value is -3.30. The first-order valence-electron chi connectivity index (χ1n) is 11.4. The highest BCUT2D eigenvalue weighted by Crippen LogP contribution is 2.40. The van der Waals surface area contributed by atoms with Crippen molar-refractivity contribution in [2.24, 2.45) is 0 Å². The van der Waals surface area contributed by atoms with E-state index in [9.17, 15) is 14.9 Å². The van der Waals surface area contributed by atoms with Gasteiger partial charge in [0.1, 0.15) is 12.3 Å². The molecule has 3 aromatic rings. The summed E-state index contributed by atoms with van der Waals surface area (Å²) in [6.45, 7) is 1.43. The molecule has 1 saturated heterocycles. The Morgan fingerprint density at radius 3 is 2.73 bits per heavy atom. The number of benzene rings is 1. The summed E-state index contributed by atoms with van der Waals surface area (Å²) in [5.41, 5.74) is 4.11. The van der Waals surface area contributed by atoms with Crippen LogP contribution in [0.1, 0.15) is 41.0 Å². The van der Waals surface area contributed by atoms with Crippen molar-refractivity contribution in [1.29, 1.82) is 0 Å². The molecule has 13 heteroatoms. The van der Waals surface area contributed by atoms with E-state index in [0.29, 0.717) is 32.1 Å². The van der Waals surface area contributed by atoms with Gasteiger partial charge in [0.05, 0.1) is 27.6 Å². The summed E-state index contributed by atoms with van der Waals surface area (Å²) in [7, 11) is 1.48. The topological polar surface area (TPSA) is 112 Å². The SMILES string of the molecule is COc1c(C(=O)NN2CCCCC2)nn(-c2ccc(Cl)cc2Cl)c1-c1ccc(C#CCCO[N+](=O)[O-])s1. The largest absolute Gasteiger partial charge is 0.492 e. The molecule has 3 heterocycles. The summed E-state index contributed by atoms with van der Waals surface area (Å²) >= 11 is 14.0. The number of methoxy groups -OCH3 is 1. The zero-order valence-electron chi connectivity index (χ0n) is 19.8. The second-order valence-electron chi connectivity index (χ2n) is 8.00. The Morgan fingerprint density at radius 2 is 2.03 bits per heavy atom. The van der Waals surface area contributed by atoms with Crippen molar-refractivity contribution < 1.29 is 19.5 Å². The Bertz CT molecular complexity index is 1360. The highest BCUT2D eigenvalue weighted by molar-refractivity contribution is 7.16. The van der Waals surface area contributed by atoms with Crippen LogP contribution in [0.4, 0.5) is 0 Å². The first kappa shape index (κ1) is 26.8. The quantitative estimate of drug-likeness (QED) is 0.178. The fourth-order valence-corrected chi connectivity index (χ4v) is 5.24. The highest BCUT2D eigenvalue weighted by atomic mass is 35.5. The summed E-state index contributed by atoms with van der Waals surface area (Å²) in [5, 5.41) is 16.7. The van der Waals surface area contributed by atoms with Gasteiger partial charge in [-0.2, -0.15) is 5.10 Å². The molecule has 0 saturated carbocycles. The van der Waals surface area contributed by atoms with Gasteiger partial charge in [-0.1, -0.05) is 41.5 Å². The summed E-state index contributed by atoms with van der Waals surface area (Å²) in [4.78, 5) is 29.3. The maximum atomic E-state index is 13.3. The summed E-state index contributed by atoms with van der Waals surface area (Å²) in [6, 6.07) is 8.66. The van der Waals surface area contributed by atoms with Crippen molar-refractivity contribution in [2.45, 2.75) is 25.7 Å². The molecule has 0 aliphatic carbocycles. The number of thiophene rings is 1. The van der Waals surface area contributed by atoms with Crippen molar-refractivity contribution in [2.75, 3.05) is 26.8 Å². The molecule has 0 radical (unpaired) electrons. The predicted molar refractivity (Wildman–Crippen MR) is 141 cm³/mol. The van der Waals surface area contributed by atoms with Crippen LogP contribution >= 0.6 is 34.5 Å². The molecule has 1 N–H and O–H groups in total. The molecule has 1 amide bonds. The number of carbonyl (C=O) groups is 1. The third-order valence-electron chi connectivity index (χ3n) is 5.49. The fourth-order valence-electron chi connectivity index (χ4n) is 3.84. The van der Waals surface area contributed by atoms with E-state index in [0.717, 1.165) is 37.2 Å². The average molecular weight is 564 g/mol. The number of nitrogens with zero attached hydrogens (tertiary/aromatic N) is 4. The van der Waals surface area contributed by atoms with Gasteiger partial charge in [0, 0.05) is 24.5 Å². The Morgan fingerprint density at radius 1 is 1.24 bits per heavy atom. The van der Waals surface area contributed by atoms with E-state index in [2.05, 4.69) is 27.2 Å². The number of hydrogen-bond donors (Lipinski definition) is 1. The molecule has 194 valence electrons. The second-order valence-corrected chi connectivity index (χ2v) is 9.93. The van der Waals surface area contributed by atoms with Crippen LogP contribution in [0.2, 0.25) is 10.0 Å². The lowest BCUT2D eigenvalue weighted by atomic mass is 10.2. The van der Waals surface area contributed by atoms with Crippen LogP contribution in [-0.4, -0.2) is 52.6 Å². The molecule has 1 aliphatic heterocycles. The van der Waals surface area contributed by atoms with Crippen LogP contribution in [0.25, 0.3) is 16.3 Å². The third kappa shape index (κ3) is 6.53. The number of rotatable bonds is 8. The van der Waals surface area contributed by atoms with Gasteiger partial charge in [-0.3, -0.25) is 10.2 Å². The maximum Gasteiger partial charge on any atom is 0.294 e. The lowest BCUT2D eigenvalue weighted by Gasteiger charge is -2.26. The molecule has 1 fully saturated rings. The number of halogens is 2. The lowest BCUT2D eigenvalue weighted by molar-refractivity contribution is -0.757. The van der Waals surface area contributed by atoms with Crippen molar-refractivity contribution >= 4 is 40.4 Å². The first-order valence-corrected chi connectivity index (χ1v) is 13.0. The van der Waals surface area contributed by atoms with Crippen LogP contribution in [0.5, 0.6) is 5.75 Å². The van der Waals surface area contributed by atoms with Crippen LogP contribution < -0.4 is 10.2 Å². The number of carbonyl (C=O) groups excluding carboxylic acids is 1. The minimum atomic E-state index is -0.848. The van der Waals surface area contributed by atoms with Gasteiger partial charge >= 0.3 is 0 Å². The van der Waals surface area contributed by atoms with E-state index in [-0.39, 0.29) is 24.6 Å².